The molecule has 1 fully saturated rings. The van der Waals surface area contributed by atoms with Gasteiger partial charge in [-0.2, -0.15) is 0 Å². The van der Waals surface area contributed by atoms with E-state index in [0.29, 0.717) is 18.5 Å². The second kappa shape index (κ2) is 7.92. The number of halogens is 1. The number of ether oxygens (including phenoxy) is 1. The molecule has 6 heteroatoms. The van der Waals surface area contributed by atoms with E-state index in [9.17, 15) is 9.18 Å². The molecule has 0 spiro atoms. The van der Waals surface area contributed by atoms with Gasteiger partial charge in [-0.25, -0.2) is 9.18 Å². The zero-order valence-electron chi connectivity index (χ0n) is 14.9. The summed E-state index contributed by atoms with van der Waals surface area (Å²) in [6.45, 7) is 8.17. The van der Waals surface area contributed by atoms with Gasteiger partial charge in [0.25, 0.3) is 0 Å². The van der Waals surface area contributed by atoms with Crippen LogP contribution in [0.1, 0.15) is 58.7 Å². The first-order chi connectivity index (χ1) is 11.2. The summed E-state index contributed by atoms with van der Waals surface area (Å²) in [5.41, 5.74) is 0.336. The zero-order chi connectivity index (χ0) is 17.7. The summed E-state index contributed by atoms with van der Waals surface area (Å²) in [5, 5.41) is 6.42. The topological polar surface area (TPSA) is 63.2 Å². The molecular formula is C18H28FN3O2. The quantitative estimate of drug-likeness (QED) is 0.862. The molecule has 0 saturated heterocycles. The maximum atomic E-state index is 13.0. The normalized spacial score (nSPS) is 22.2. The molecule has 5 nitrogen and oxygen atoms in total. The van der Waals surface area contributed by atoms with Crippen molar-refractivity contribution in [3.63, 3.8) is 0 Å². The fourth-order valence-corrected chi connectivity index (χ4v) is 3.08. The Morgan fingerprint density at radius 3 is 2.79 bits per heavy atom. The van der Waals surface area contributed by atoms with Gasteiger partial charge in [0.05, 0.1) is 11.9 Å². The van der Waals surface area contributed by atoms with Crippen molar-refractivity contribution in [1.29, 1.82) is 0 Å². The third-order valence-electron chi connectivity index (χ3n) is 4.22. The first-order valence-corrected chi connectivity index (χ1v) is 8.59. The van der Waals surface area contributed by atoms with Crippen LogP contribution in [0.5, 0.6) is 0 Å². The van der Waals surface area contributed by atoms with Gasteiger partial charge < -0.3 is 15.4 Å². The number of pyridine rings is 1. The summed E-state index contributed by atoms with van der Waals surface area (Å²) in [6, 6.07) is 3.48. The molecule has 2 rings (SSSR count). The minimum absolute atomic E-state index is 0.0396. The molecule has 1 heterocycles. The first kappa shape index (κ1) is 18.6. The predicted octanol–water partition coefficient (Wildman–Crippen LogP) is 3.56. The monoisotopic (exact) mass is 337 g/mol. The Balaban J connectivity index is 1.84. The summed E-state index contributed by atoms with van der Waals surface area (Å²) in [5.74, 6) is 0.0340. The minimum Gasteiger partial charge on any atom is -0.444 e. The molecule has 24 heavy (non-hydrogen) atoms. The molecule has 1 aromatic rings. The van der Waals surface area contributed by atoms with Gasteiger partial charge in [0.15, 0.2) is 0 Å². The van der Waals surface area contributed by atoms with E-state index in [0.717, 1.165) is 25.0 Å². The predicted molar refractivity (Wildman–Crippen MR) is 91.1 cm³/mol. The fraction of sp³-hybridized carbons (Fsp3) is 0.667. The van der Waals surface area contributed by atoms with Crippen LogP contribution >= 0.6 is 0 Å². The number of rotatable bonds is 5. The van der Waals surface area contributed by atoms with Crippen LogP contribution in [0.4, 0.5) is 9.18 Å². The highest BCUT2D eigenvalue weighted by Gasteiger charge is 2.29. The molecule has 0 bridgehead atoms. The Bertz CT molecular complexity index is 542. The number of aromatic nitrogens is 1. The molecule has 1 aromatic heterocycles. The molecule has 1 aliphatic carbocycles. The molecule has 0 aliphatic heterocycles. The number of hydrogen-bond acceptors (Lipinski definition) is 4. The average Bonchev–Trinajstić information content (AvgIpc) is 2.91. The van der Waals surface area contributed by atoms with E-state index in [1.165, 1.54) is 12.3 Å². The standard InChI is InChI=1S/C18H28FN3O2/c1-12(15-9-8-14(19)11-20-15)22-16-7-5-6-13(16)10-21-17(23)24-18(2,3)4/h8-9,11-13,16,22H,5-7,10H2,1-4H3,(H,21,23). The highest BCUT2D eigenvalue weighted by molar-refractivity contribution is 5.67. The lowest BCUT2D eigenvalue weighted by Crippen LogP contribution is -2.41. The zero-order valence-corrected chi connectivity index (χ0v) is 14.9. The molecule has 3 atom stereocenters. The number of carbonyl (C=O) groups is 1. The highest BCUT2D eigenvalue weighted by atomic mass is 19.1. The molecular weight excluding hydrogens is 309 g/mol. The van der Waals surface area contributed by atoms with Gasteiger partial charge in [-0.1, -0.05) is 6.42 Å². The lowest BCUT2D eigenvalue weighted by atomic mass is 10.0. The molecule has 3 unspecified atom stereocenters. The van der Waals surface area contributed by atoms with E-state index in [2.05, 4.69) is 15.6 Å². The van der Waals surface area contributed by atoms with Crippen LogP contribution < -0.4 is 10.6 Å². The van der Waals surface area contributed by atoms with E-state index >= 15 is 0 Å². The van der Waals surface area contributed by atoms with Crippen LogP contribution in [0.25, 0.3) is 0 Å². The van der Waals surface area contributed by atoms with E-state index < -0.39 is 5.60 Å². The second-order valence-corrected chi connectivity index (χ2v) is 7.47. The molecule has 134 valence electrons. The smallest absolute Gasteiger partial charge is 0.407 e. The highest BCUT2D eigenvalue weighted by Crippen LogP contribution is 2.27. The Hall–Kier alpha value is -1.69. The second-order valence-electron chi connectivity index (χ2n) is 7.47. The van der Waals surface area contributed by atoms with Gasteiger partial charge in [-0.05, 0) is 58.6 Å². The van der Waals surface area contributed by atoms with Crippen molar-refractivity contribution in [3.05, 3.63) is 29.8 Å². The van der Waals surface area contributed by atoms with Gasteiger partial charge in [-0.15, -0.1) is 0 Å². The average molecular weight is 337 g/mol. The van der Waals surface area contributed by atoms with Crippen LogP contribution in [-0.2, 0) is 4.74 Å². The van der Waals surface area contributed by atoms with E-state index in [1.54, 1.807) is 6.07 Å². The third-order valence-corrected chi connectivity index (χ3v) is 4.22. The Labute approximate surface area is 143 Å². The van der Waals surface area contributed by atoms with Crippen molar-refractivity contribution in [2.24, 2.45) is 5.92 Å². The maximum Gasteiger partial charge on any atom is 0.407 e. The van der Waals surface area contributed by atoms with Gasteiger partial charge >= 0.3 is 6.09 Å². The summed E-state index contributed by atoms with van der Waals surface area (Å²) >= 11 is 0. The van der Waals surface area contributed by atoms with Crippen molar-refractivity contribution >= 4 is 6.09 Å². The molecule has 1 saturated carbocycles. The van der Waals surface area contributed by atoms with Crippen LogP contribution in [0.15, 0.2) is 18.3 Å². The van der Waals surface area contributed by atoms with Crippen molar-refractivity contribution in [3.8, 4) is 0 Å². The fourth-order valence-electron chi connectivity index (χ4n) is 3.08. The molecule has 2 N–H and O–H groups in total. The van der Waals surface area contributed by atoms with Crippen molar-refractivity contribution < 1.29 is 13.9 Å². The van der Waals surface area contributed by atoms with Crippen LogP contribution in [0.2, 0.25) is 0 Å². The number of alkyl carbamates (subject to hydrolysis) is 1. The lowest BCUT2D eigenvalue weighted by Gasteiger charge is -2.26. The van der Waals surface area contributed by atoms with Gasteiger partial charge in [0, 0.05) is 18.6 Å². The van der Waals surface area contributed by atoms with Gasteiger partial charge in [-0.3, -0.25) is 4.98 Å². The first-order valence-electron chi connectivity index (χ1n) is 8.59. The van der Waals surface area contributed by atoms with Crippen molar-refractivity contribution in [2.75, 3.05) is 6.54 Å². The number of nitrogens with one attached hydrogen (secondary N) is 2. The Kier molecular flexibility index (Phi) is 6.15. The summed E-state index contributed by atoms with van der Waals surface area (Å²) in [7, 11) is 0. The van der Waals surface area contributed by atoms with Crippen LogP contribution in [0, 0.1) is 11.7 Å². The number of amides is 1. The maximum absolute atomic E-state index is 13.0. The third kappa shape index (κ3) is 5.74. The molecule has 0 radical (unpaired) electrons. The molecule has 0 aromatic carbocycles. The summed E-state index contributed by atoms with van der Waals surface area (Å²) in [4.78, 5) is 15.9. The van der Waals surface area contributed by atoms with E-state index in [1.807, 2.05) is 27.7 Å². The van der Waals surface area contributed by atoms with Crippen LogP contribution in [0.3, 0.4) is 0 Å². The van der Waals surface area contributed by atoms with Crippen molar-refractivity contribution in [1.82, 2.24) is 15.6 Å². The Morgan fingerprint density at radius 1 is 1.42 bits per heavy atom. The molecule has 1 aliphatic rings. The summed E-state index contributed by atoms with van der Waals surface area (Å²) in [6.07, 6.45) is 4.12. The van der Waals surface area contributed by atoms with Crippen LogP contribution in [-0.4, -0.2) is 29.3 Å². The van der Waals surface area contributed by atoms with Crippen molar-refractivity contribution in [2.45, 2.75) is 64.6 Å². The number of carbonyl (C=O) groups excluding carboxylic acids is 1. The number of hydrogen-bond donors (Lipinski definition) is 2. The lowest BCUT2D eigenvalue weighted by molar-refractivity contribution is 0.0517. The SMILES string of the molecule is CC(NC1CCCC1CNC(=O)OC(C)(C)C)c1ccc(F)cn1. The van der Waals surface area contributed by atoms with Gasteiger partial charge in [0.1, 0.15) is 11.4 Å². The Morgan fingerprint density at radius 2 is 2.17 bits per heavy atom. The largest absolute Gasteiger partial charge is 0.444 e. The van der Waals surface area contributed by atoms with Gasteiger partial charge in [0.2, 0.25) is 0 Å². The summed E-state index contributed by atoms with van der Waals surface area (Å²) < 4.78 is 18.3. The van der Waals surface area contributed by atoms with E-state index in [4.69, 9.17) is 4.74 Å². The number of nitrogens with zero attached hydrogens (tertiary/aromatic N) is 1. The minimum atomic E-state index is -0.486. The molecule has 1 amide bonds. The van der Waals surface area contributed by atoms with E-state index in [-0.39, 0.29) is 18.0 Å².